The molecule has 0 atom stereocenters. The largest absolute Gasteiger partial charge is 0.337 e. The number of hydrogen-bond acceptors (Lipinski definition) is 4. The maximum atomic E-state index is 12.5. The quantitative estimate of drug-likeness (QED) is 0.889. The number of carbonyl (C=O) groups excluding carboxylic acids is 1. The summed E-state index contributed by atoms with van der Waals surface area (Å²) < 4.78 is 0. The summed E-state index contributed by atoms with van der Waals surface area (Å²) in [5, 5.41) is 20.7. The molecule has 1 aliphatic rings. The molecule has 5 heteroatoms. The number of amides is 1. The van der Waals surface area contributed by atoms with Gasteiger partial charge in [-0.3, -0.25) is 4.79 Å². The fourth-order valence-electron chi connectivity index (χ4n) is 2.48. The van der Waals surface area contributed by atoms with Crippen molar-refractivity contribution in [1.82, 2.24) is 10.2 Å². The van der Waals surface area contributed by atoms with Gasteiger partial charge >= 0.3 is 0 Å². The first-order valence-corrected chi connectivity index (χ1v) is 7.12. The molecule has 0 unspecified atom stereocenters. The van der Waals surface area contributed by atoms with Gasteiger partial charge in [0.25, 0.3) is 5.91 Å². The second kappa shape index (κ2) is 7.42. The van der Waals surface area contributed by atoms with E-state index in [1.807, 2.05) is 30.3 Å². The molecule has 0 spiro atoms. The molecule has 0 aromatic heterocycles. The summed E-state index contributed by atoms with van der Waals surface area (Å²) in [5.74, 6) is -0.103. The zero-order valence-corrected chi connectivity index (χ0v) is 11.9. The van der Waals surface area contributed by atoms with Crippen molar-refractivity contribution in [3.63, 3.8) is 0 Å². The molecule has 1 heterocycles. The van der Waals surface area contributed by atoms with Gasteiger partial charge in [-0.2, -0.15) is 10.5 Å². The summed E-state index contributed by atoms with van der Waals surface area (Å²) >= 11 is 0. The Morgan fingerprint density at radius 1 is 1.19 bits per heavy atom. The Bertz CT molecular complexity index is 579. The van der Waals surface area contributed by atoms with Gasteiger partial charge in [-0.15, -0.1) is 0 Å². The summed E-state index contributed by atoms with van der Waals surface area (Å²) in [7, 11) is 0. The highest BCUT2D eigenvalue weighted by Crippen LogP contribution is 2.17. The molecule has 0 saturated heterocycles. The number of nitriles is 2. The molecule has 1 aliphatic heterocycles. The lowest BCUT2D eigenvalue weighted by Gasteiger charge is -2.22. The maximum Gasteiger partial charge on any atom is 0.253 e. The van der Waals surface area contributed by atoms with E-state index in [9.17, 15) is 4.79 Å². The van der Waals surface area contributed by atoms with Crippen LogP contribution in [0.1, 0.15) is 34.3 Å². The number of nitrogens with zero attached hydrogens (tertiary/aromatic N) is 3. The summed E-state index contributed by atoms with van der Waals surface area (Å²) in [5.41, 5.74) is 3.08. The standard InChI is InChI=1S/C16H18N4O/c17-6-1-9-20(10-2-7-18)16(21)14-4-3-13-5-8-19-12-15(13)11-14/h3-4,11,19H,1-2,5,8-10,12H2. The Kier molecular flexibility index (Phi) is 5.31. The molecule has 5 nitrogen and oxygen atoms in total. The Balaban J connectivity index is 2.15. The number of benzene rings is 1. The number of rotatable bonds is 5. The molecule has 0 radical (unpaired) electrons. The van der Waals surface area contributed by atoms with Crippen LogP contribution in [0, 0.1) is 22.7 Å². The van der Waals surface area contributed by atoms with Gasteiger partial charge in [-0.25, -0.2) is 0 Å². The van der Waals surface area contributed by atoms with Gasteiger partial charge in [0, 0.05) is 25.2 Å². The van der Waals surface area contributed by atoms with Gasteiger partial charge in [0.2, 0.25) is 0 Å². The minimum Gasteiger partial charge on any atom is -0.337 e. The van der Waals surface area contributed by atoms with E-state index >= 15 is 0 Å². The molecule has 1 aromatic rings. The van der Waals surface area contributed by atoms with Gasteiger partial charge in [0.1, 0.15) is 0 Å². The zero-order chi connectivity index (χ0) is 15.1. The lowest BCUT2D eigenvalue weighted by Crippen LogP contribution is -2.33. The molecular formula is C16H18N4O. The summed E-state index contributed by atoms with van der Waals surface area (Å²) in [6, 6.07) is 9.87. The van der Waals surface area contributed by atoms with Crippen molar-refractivity contribution in [2.24, 2.45) is 0 Å². The van der Waals surface area contributed by atoms with E-state index in [0.29, 0.717) is 18.7 Å². The van der Waals surface area contributed by atoms with Crippen LogP contribution in [0.15, 0.2) is 18.2 Å². The Hall–Kier alpha value is -2.37. The van der Waals surface area contributed by atoms with Crippen LogP contribution in [0.25, 0.3) is 0 Å². The van der Waals surface area contributed by atoms with Crippen molar-refractivity contribution in [1.29, 1.82) is 10.5 Å². The van der Waals surface area contributed by atoms with Crippen molar-refractivity contribution in [2.45, 2.75) is 25.8 Å². The second-order valence-corrected chi connectivity index (χ2v) is 5.02. The summed E-state index contributed by atoms with van der Waals surface area (Å²) in [4.78, 5) is 14.1. The average molecular weight is 282 g/mol. The van der Waals surface area contributed by atoms with Crippen LogP contribution in [-0.4, -0.2) is 30.4 Å². The van der Waals surface area contributed by atoms with Crippen LogP contribution in [-0.2, 0) is 13.0 Å². The number of carbonyl (C=O) groups is 1. The van der Waals surface area contributed by atoms with Crippen molar-refractivity contribution >= 4 is 5.91 Å². The second-order valence-electron chi connectivity index (χ2n) is 5.02. The van der Waals surface area contributed by atoms with Crippen LogP contribution in [0.3, 0.4) is 0 Å². The third kappa shape index (κ3) is 3.81. The van der Waals surface area contributed by atoms with E-state index in [0.717, 1.165) is 25.1 Å². The average Bonchev–Trinajstić information content (AvgIpc) is 2.54. The molecule has 1 aromatic carbocycles. The van der Waals surface area contributed by atoms with Gasteiger partial charge in [0.05, 0.1) is 25.0 Å². The van der Waals surface area contributed by atoms with E-state index in [-0.39, 0.29) is 18.7 Å². The minimum atomic E-state index is -0.103. The summed E-state index contributed by atoms with van der Waals surface area (Å²) in [6.45, 7) is 2.49. The first kappa shape index (κ1) is 15.0. The molecule has 0 saturated carbocycles. The van der Waals surface area contributed by atoms with Gasteiger partial charge in [0.15, 0.2) is 0 Å². The predicted octanol–water partition coefficient (Wildman–Crippen LogP) is 1.60. The van der Waals surface area contributed by atoms with Crippen molar-refractivity contribution in [3.05, 3.63) is 34.9 Å². The molecule has 2 rings (SSSR count). The van der Waals surface area contributed by atoms with E-state index < -0.39 is 0 Å². The van der Waals surface area contributed by atoms with E-state index in [4.69, 9.17) is 10.5 Å². The molecule has 0 aliphatic carbocycles. The normalized spacial score (nSPS) is 12.9. The topological polar surface area (TPSA) is 79.9 Å². The minimum absolute atomic E-state index is 0.103. The molecule has 0 fully saturated rings. The monoisotopic (exact) mass is 282 g/mol. The first-order chi connectivity index (χ1) is 10.3. The van der Waals surface area contributed by atoms with Crippen LogP contribution >= 0.6 is 0 Å². The lowest BCUT2D eigenvalue weighted by molar-refractivity contribution is 0.0762. The predicted molar refractivity (Wildman–Crippen MR) is 78.2 cm³/mol. The van der Waals surface area contributed by atoms with Crippen LogP contribution < -0.4 is 5.32 Å². The SMILES string of the molecule is N#CCCN(CCC#N)C(=O)c1ccc2c(c1)CNCC2. The van der Waals surface area contributed by atoms with Crippen LogP contribution in [0.4, 0.5) is 0 Å². The van der Waals surface area contributed by atoms with Gasteiger partial charge in [-0.05, 0) is 36.2 Å². The zero-order valence-electron chi connectivity index (χ0n) is 11.9. The Morgan fingerprint density at radius 2 is 1.90 bits per heavy atom. The number of hydrogen-bond donors (Lipinski definition) is 1. The highest BCUT2D eigenvalue weighted by molar-refractivity contribution is 5.94. The van der Waals surface area contributed by atoms with Crippen molar-refractivity contribution in [3.8, 4) is 12.1 Å². The fourth-order valence-corrected chi connectivity index (χ4v) is 2.48. The Labute approximate surface area is 124 Å². The van der Waals surface area contributed by atoms with E-state index in [1.165, 1.54) is 5.56 Å². The van der Waals surface area contributed by atoms with Gasteiger partial charge in [-0.1, -0.05) is 6.07 Å². The lowest BCUT2D eigenvalue weighted by atomic mass is 9.98. The molecule has 0 bridgehead atoms. The van der Waals surface area contributed by atoms with Gasteiger partial charge < -0.3 is 10.2 Å². The third-order valence-corrected chi connectivity index (χ3v) is 3.61. The Morgan fingerprint density at radius 3 is 2.57 bits per heavy atom. The van der Waals surface area contributed by atoms with Crippen molar-refractivity contribution < 1.29 is 4.79 Å². The molecule has 1 N–H and O–H groups in total. The number of fused-ring (bicyclic) bond motifs is 1. The van der Waals surface area contributed by atoms with E-state index in [2.05, 4.69) is 5.32 Å². The van der Waals surface area contributed by atoms with Crippen LogP contribution in [0.5, 0.6) is 0 Å². The smallest absolute Gasteiger partial charge is 0.253 e. The maximum absolute atomic E-state index is 12.5. The highest BCUT2D eigenvalue weighted by Gasteiger charge is 2.17. The molecular weight excluding hydrogens is 264 g/mol. The van der Waals surface area contributed by atoms with Crippen molar-refractivity contribution in [2.75, 3.05) is 19.6 Å². The van der Waals surface area contributed by atoms with Crippen LogP contribution in [0.2, 0.25) is 0 Å². The third-order valence-electron chi connectivity index (χ3n) is 3.61. The fraction of sp³-hybridized carbons (Fsp3) is 0.438. The molecule has 1 amide bonds. The first-order valence-electron chi connectivity index (χ1n) is 7.12. The molecule has 108 valence electrons. The highest BCUT2D eigenvalue weighted by atomic mass is 16.2. The summed E-state index contributed by atoms with van der Waals surface area (Å²) in [6.07, 6.45) is 1.55. The molecule has 21 heavy (non-hydrogen) atoms. The number of nitrogens with one attached hydrogen (secondary N) is 1. The van der Waals surface area contributed by atoms with E-state index in [1.54, 1.807) is 4.90 Å².